The number of hydrogen-bond acceptors (Lipinski definition) is 7. The fourth-order valence-electron chi connectivity index (χ4n) is 6.65. The Bertz CT molecular complexity index is 1770. The minimum absolute atomic E-state index is 0.128. The first-order valence-electron chi connectivity index (χ1n) is 18.0. The molecular formula is C39H46F6N6O5. The van der Waals surface area contributed by atoms with Crippen LogP contribution in [0.3, 0.4) is 0 Å². The van der Waals surface area contributed by atoms with Crippen LogP contribution < -0.4 is 11.5 Å². The van der Waals surface area contributed by atoms with E-state index < -0.39 is 85.6 Å². The van der Waals surface area contributed by atoms with Gasteiger partial charge in [0.05, 0.1) is 30.3 Å². The van der Waals surface area contributed by atoms with Crippen molar-refractivity contribution < 1.29 is 50.6 Å². The van der Waals surface area contributed by atoms with E-state index in [9.17, 15) is 50.6 Å². The molecule has 17 heteroatoms. The molecule has 0 spiro atoms. The van der Waals surface area contributed by atoms with Crippen LogP contribution in [0.15, 0.2) is 78.9 Å². The molecule has 0 aliphatic heterocycles. The predicted molar refractivity (Wildman–Crippen MR) is 194 cm³/mol. The summed E-state index contributed by atoms with van der Waals surface area (Å²) in [6, 6.07) is 15.7. The molecule has 0 bridgehead atoms. The number of halogens is 6. The molecule has 1 aliphatic rings. The number of amides is 4. The zero-order valence-corrected chi connectivity index (χ0v) is 30.8. The number of primary amides is 1. The van der Waals surface area contributed by atoms with Gasteiger partial charge in [-0.15, -0.1) is 0 Å². The number of carbonyl (C=O) groups is 4. The summed E-state index contributed by atoms with van der Waals surface area (Å²) in [7, 11) is 0. The van der Waals surface area contributed by atoms with Crippen molar-refractivity contribution in [1.82, 2.24) is 19.6 Å². The van der Waals surface area contributed by atoms with E-state index in [0.29, 0.717) is 5.56 Å². The largest absolute Gasteiger partial charge is 0.416 e. The highest BCUT2D eigenvalue weighted by atomic mass is 19.4. The van der Waals surface area contributed by atoms with Gasteiger partial charge >= 0.3 is 12.4 Å². The van der Waals surface area contributed by atoms with Crippen molar-refractivity contribution in [3.8, 4) is 0 Å². The summed E-state index contributed by atoms with van der Waals surface area (Å²) in [5.41, 5.74) is 10.4. The lowest BCUT2D eigenvalue weighted by molar-refractivity contribution is -0.148. The second-order valence-electron chi connectivity index (χ2n) is 13.8. The highest BCUT2D eigenvalue weighted by Crippen LogP contribution is 2.31. The molecule has 1 aliphatic carbocycles. The molecule has 2 atom stereocenters. The van der Waals surface area contributed by atoms with Crippen LogP contribution in [-0.4, -0.2) is 93.3 Å². The topological polar surface area (TPSA) is 154 Å². The van der Waals surface area contributed by atoms with E-state index in [1.54, 1.807) is 42.2 Å². The Labute approximate surface area is 320 Å². The summed E-state index contributed by atoms with van der Waals surface area (Å²) < 4.78 is 79.6. The number of nitrogens with two attached hydrogens (primary N) is 2. The Balaban J connectivity index is 1.67. The van der Waals surface area contributed by atoms with Gasteiger partial charge in [-0.1, -0.05) is 67.4 Å². The number of aliphatic hydroxyl groups excluding tert-OH is 1. The molecule has 0 aromatic heterocycles. The van der Waals surface area contributed by atoms with Crippen molar-refractivity contribution in [3.05, 3.63) is 107 Å². The molecular weight excluding hydrogens is 746 g/mol. The molecule has 56 heavy (non-hydrogen) atoms. The molecule has 2 unspecified atom stereocenters. The van der Waals surface area contributed by atoms with Gasteiger partial charge in [-0.3, -0.25) is 24.1 Å². The van der Waals surface area contributed by atoms with Crippen molar-refractivity contribution >= 4 is 23.6 Å². The van der Waals surface area contributed by atoms with E-state index in [1.165, 1.54) is 4.90 Å². The van der Waals surface area contributed by atoms with Crippen LogP contribution in [0.1, 0.15) is 66.5 Å². The summed E-state index contributed by atoms with van der Waals surface area (Å²) >= 11 is 0. The molecule has 5 N–H and O–H groups in total. The normalized spacial score (nSPS) is 14.7. The maximum atomic E-state index is 14.3. The second kappa shape index (κ2) is 19.2. The molecule has 0 heterocycles. The molecule has 11 nitrogen and oxygen atoms in total. The minimum atomic E-state index is -4.64. The maximum Gasteiger partial charge on any atom is 0.416 e. The quantitative estimate of drug-likeness (QED) is 0.133. The third kappa shape index (κ3) is 12.2. The first kappa shape index (κ1) is 43.7. The molecule has 3 aromatic carbocycles. The van der Waals surface area contributed by atoms with Crippen LogP contribution in [0.2, 0.25) is 0 Å². The van der Waals surface area contributed by atoms with Gasteiger partial charge in [-0.05, 0) is 60.7 Å². The smallest absolute Gasteiger partial charge is 0.377 e. The zero-order chi connectivity index (χ0) is 41.2. The lowest BCUT2D eigenvalue weighted by atomic mass is 10.1. The van der Waals surface area contributed by atoms with Gasteiger partial charge in [-0.2, -0.15) is 26.3 Å². The summed E-state index contributed by atoms with van der Waals surface area (Å²) in [6.45, 7) is -1.50. The fourth-order valence-corrected chi connectivity index (χ4v) is 6.65. The summed E-state index contributed by atoms with van der Waals surface area (Å²) in [4.78, 5) is 59.3. The van der Waals surface area contributed by atoms with Gasteiger partial charge in [0, 0.05) is 25.7 Å². The molecule has 4 amide bonds. The number of aliphatic hydroxyl groups is 1. The molecule has 1 saturated carbocycles. The number of nitrogens with zero attached hydrogens (tertiary/aromatic N) is 4. The number of rotatable bonds is 17. The number of carbonyl (C=O) groups excluding carboxylic acids is 4. The van der Waals surface area contributed by atoms with Crippen LogP contribution in [0.25, 0.3) is 0 Å². The van der Waals surface area contributed by atoms with Crippen molar-refractivity contribution in [3.63, 3.8) is 0 Å². The third-order valence-corrected chi connectivity index (χ3v) is 9.77. The summed E-state index contributed by atoms with van der Waals surface area (Å²) in [5, 5.41) is 10.8. The molecule has 3 aromatic rings. The molecule has 0 radical (unpaired) electrons. The van der Waals surface area contributed by atoms with Crippen LogP contribution >= 0.6 is 0 Å². The Morgan fingerprint density at radius 2 is 1.16 bits per heavy atom. The van der Waals surface area contributed by atoms with Gasteiger partial charge in [0.15, 0.2) is 0 Å². The van der Waals surface area contributed by atoms with Gasteiger partial charge in [0.1, 0.15) is 19.3 Å². The van der Waals surface area contributed by atoms with E-state index >= 15 is 0 Å². The van der Waals surface area contributed by atoms with Crippen LogP contribution in [0.4, 0.5) is 26.3 Å². The average Bonchev–Trinajstić information content (AvgIpc) is 3.69. The van der Waals surface area contributed by atoms with Gasteiger partial charge in [0.2, 0.25) is 23.6 Å². The Hall–Kier alpha value is -5.00. The minimum Gasteiger partial charge on any atom is -0.377 e. The Morgan fingerprint density at radius 3 is 1.61 bits per heavy atom. The summed E-state index contributed by atoms with van der Waals surface area (Å²) in [6.07, 6.45) is -7.14. The van der Waals surface area contributed by atoms with Crippen molar-refractivity contribution in [2.75, 3.05) is 32.7 Å². The number of benzene rings is 3. The van der Waals surface area contributed by atoms with E-state index in [0.717, 1.165) is 84.0 Å². The SMILES string of the molecule is CC(c1ccccc1)N(CC(=O)N(CC(=O)N(CC(N)=O)Cc1ccc(C(F)(F)F)cc1)Cc1ccc(C(F)(F)F)cc1)C(=O)CN(C(O)CN)C1CCCC1. The standard InChI is InChI=1S/C39H46F6N6O5/c1-26(29-7-3-2-4-8-29)50(37(56)25-51(34(53)19-46)32-9-5-6-10-32)24-36(55)49(21-28-13-17-31(18-14-28)39(43,44)45)23-35(54)48(22-33(47)52)20-27-11-15-30(16-12-27)38(40,41)42/h2-4,7-8,11-18,26,32,34,53H,5-6,9-10,19-25,46H2,1H3,(H2,47,52). The van der Waals surface area contributed by atoms with Crippen LogP contribution in [0, 0.1) is 0 Å². The first-order chi connectivity index (χ1) is 26.4. The van der Waals surface area contributed by atoms with E-state index in [2.05, 4.69) is 0 Å². The molecule has 4 rings (SSSR count). The lowest BCUT2D eigenvalue weighted by Crippen LogP contribution is -2.53. The Kier molecular flexibility index (Phi) is 15.0. The monoisotopic (exact) mass is 792 g/mol. The van der Waals surface area contributed by atoms with Crippen LogP contribution in [-0.2, 0) is 44.6 Å². The van der Waals surface area contributed by atoms with Crippen molar-refractivity contribution in [1.29, 1.82) is 0 Å². The predicted octanol–water partition coefficient (Wildman–Crippen LogP) is 4.68. The van der Waals surface area contributed by atoms with Gasteiger partial charge < -0.3 is 31.3 Å². The van der Waals surface area contributed by atoms with Gasteiger partial charge in [-0.25, -0.2) is 0 Å². The first-order valence-corrected chi connectivity index (χ1v) is 18.0. The van der Waals surface area contributed by atoms with Crippen molar-refractivity contribution in [2.45, 2.75) is 76.4 Å². The van der Waals surface area contributed by atoms with Crippen LogP contribution in [0.5, 0.6) is 0 Å². The highest BCUT2D eigenvalue weighted by molar-refractivity contribution is 5.90. The molecule has 1 fully saturated rings. The summed E-state index contributed by atoms with van der Waals surface area (Å²) in [5.74, 6) is -3.12. The lowest BCUT2D eigenvalue weighted by Gasteiger charge is -2.37. The maximum absolute atomic E-state index is 14.3. The Morgan fingerprint density at radius 1 is 0.696 bits per heavy atom. The van der Waals surface area contributed by atoms with Gasteiger partial charge in [0.25, 0.3) is 0 Å². The fraction of sp³-hybridized carbons (Fsp3) is 0.436. The zero-order valence-electron chi connectivity index (χ0n) is 30.8. The molecule has 304 valence electrons. The molecule has 0 saturated heterocycles. The number of hydrogen-bond donors (Lipinski definition) is 3. The number of alkyl halides is 6. The average molecular weight is 793 g/mol. The second-order valence-corrected chi connectivity index (χ2v) is 13.8. The van der Waals surface area contributed by atoms with Crippen molar-refractivity contribution in [2.24, 2.45) is 11.5 Å². The van der Waals surface area contributed by atoms with E-state index in [4.69, 9.17) is 11.5 Å². The third-order valence-electron chi connectivity index (χ3n) is 9.77. The highest BCUT2D eigenvalue weighted by Gasteiger charge is 2.35. The van der Waals surface area contributed by atoms with E-state index in [-0.39, 0.29) is 36.8 Å². The van der Waals surface area contributed by atoms with E-state index in [1.807, 2.05) is 0 Å².